The Morgan fingerprint density at radius 2 is 2.03 bits per heavy atom. The van der Waals surface area contributed by atoms with Crippen LogP contribution in [0, 0.1) is 0 Å². The Balaban J connectivity index is 1.54. The average molecular weight is 559 g/mol. The largest absolute Gasteiger partial charge is 0.490 e. The number of nitrogens with zero attached hydrogens (tertiary/aromatic N) is 5. The first-order chi connectivity index (χ1) is 18.8. The van der Waals surface area contributed by atoms with Crippen molar-refractivity contribution in [1.29, 1.82) is 0 Å². The molecule has 0 radical (unpaired) electrons. The molecule has 210 valence electrons. The molecular weight excluding hydrogens is 524 g/mol. The van der Waals surface area contributed by atoms with Gasteiger partial charge in [-0.2, -0.15) is 5.10 Å². The Bertz CT molecular complexity index is 1240. The number of nitrogens with two attached hydrogens (primary N) is 2. The van der Waals surface area contributed by atoms with E-state index in [1.54, 1.807) is 19.2 Å². The maximum atomic E-state index is 12.9. The first kappa shape index (κ1) is 29.5. The number of carbonyl (C=O) groups excluding carboxylic acids is 2. The number of rotatable bonds is 16. The predicted octanol–water partition coefficient (Wildman–Crippen LogP) is 1.65. The van der Waals surface area contributed by atoms with E-state index >= 15 is 0 Å². The Morgan fingerprint density at radius 1 is 1.26 bits per heavy atom. The number of amides is 2. The van der Waals surface area contributed by atoms with Crippen molar-refractivity contribution in [3.63, 3.8) is 0 Å². The summed E-state index contributed by atoms with van der Waals surface area (Å²) in [5, 5.41) is 14.1. The third kappa shape index (κ3) is 8.49. The summed E-state index contributed by atoms with van der Waals surface area (Å²) in [6.45, 7) is 5.25. The van der Waals surface area contributed by atoms with Gasteiger partial charge in [-0.15, -0.1) is 11.3 Å². The van der Waals surface area contributed by atoms with Gasteiger partial charge in [0.25, 0.3) is 5.91 Å². The minimum Gasteiger partial charge on any atom is -0.490 e. The molecular formula is C25H34N8O5S. The molecule has 2 aromatic heterocycles. The highest BCUT2D eigenvalue weighted by Gasteiger charge is 2.28. The zero-order chi connectivity index (χ0) is 28.3. The number of oxime groups is 1. The molecule has 0 spiro atoms. The summed E-state index contributed by atoms with van der Waals surface area (Å²) < 4.78 is 7.61. The van der Waals surface area contributed by atoms with Crippen LogP contribution in [0.4, 0.5) is 5.13 Å². The second-order valence-electron chi connectivity index (χ2n) is 8.96. The summed E-state index contributed by atoms with van der Waals surface area (Å²) in [5.41, 5.74) is 12.7. The number of hydrogen-bond acceptors (Lipinski definition) is 11. The molecule has 0 fully saturated rings. The zero-order valence-corrected chi connectivity index (χ0v) is 23.0. The number of thiazole rings is 1. The fourth-order valence-corrected chi connectivity index (χ4v) is 3.98. The van der Waals surface area contributed by atoms with E-state index < -0.39 is 11.4 Å². The molecule has 0 saturated heterocycles. The second-order valence-corrected chi connectivity index (χ2v) is 9.85. The topological polar surface area (TPSA) is 172 Å². The molecule has 0 bridgehead atoms. The number of aryl methyl sites for hydroxylation is 1. The van der Waals surface area contributed by atoms with Gasteiger partial charge in [0.15, 0.2) is 17.5 Å². The van der Waals surface area contributed by atoms with Crippen LogP contribution in [0.1, 0.15) is 26.0 Å². The van der Waals surface area contributed by atoms with Crippen molar-refractivity contribution in [2.24, 2.45) is 10.9 Å². The summed E-state index contributed by atoms with van der Waals surface area (Å²) in [5.74, 6) is 0.116. The highest BCUT2D eigenvalue weighted by atomic mass is 32.1. The van der Waals surface area contributed by atoms with Gasteiger partial charge in [0.1, 0.15) is 18.1 Å². The number of nitrogen functional groups attached to an aromatic ring is 1. The predicted molar refractivity (Wildman–Crippen MR) is 148 cm³/mol. The van der Waals surface area contributed by atoms with E-state index in [0.29, 0.717) is 18.7 Å². The fourth-order valence-electron chi connectivity index (χ4n) is 3.43. The van der Waals surface area contributed by atoms with Crippen LogP contribution in [0.3, 0.4) is 0 Å². The molecule has 0 aliphatic rings. The molecule has 0 aliphatic carbocycles. The quantitative estimate of drug-likeness (QED) is 0.102. The summed E-state index contributed by atoms with van der Waals surface area (Å²) in [6.07, 6.45) is 5.21. The first-order valence-corrected chi connectivity index (χ1v) is 13.1. The zero-order valence-electron chi connectivity index (χ0n) is 22.2. The van der Waals surface area contributed by atoms with Gasteiger partial charge < -0.3 is 26.4 Å². The second kappa shape index (κ2) is 14.2. The van der Waals surface area contributed by atoms with Gasteiger partial charge in [-0.25, -0.2) is 10.0 Å². The molecule has 0 aliphatic heterocycles. The van der Waals surface area contributed by atoms with Crippen LogP contribution < -0.4 is 21.5 Å². The molecule has 3 rings (SSSR count). The number of ether oxygens (including phenoxy) is 1. The number of anilines is 1. The molecule has 14 heteroatoms. The average Bonchev–Trinajstić information content (AvgIpc) is 3.58. The molecule has 2 heterocycles. The van der Waals surface area contributed by atoms with E-state index in [9.17, 15) is 9.59 Å². The van der Waals surface area contributed by atoms with Crippen molar-refractivity contribution < 1.29 is 24.0 Å². The minimum absolute atomic E-state index is 0.0508. The molecule has 39 heavy (non-hydrogen) atoms. The van der Waals surface area contributed by atoms with E-state index in [4.69, 9.17) is 25.9 Å². The van der Waals surface area contributed by atoms with Gasteiger partial charge in [0.05, 0.1) is 18.8 Å². The molecule has 0 saturated carbocycles. The Hall–Kier alpha value is -4.01. The Kier molecular flexibility index (Phi) is 10.8. The maximum Gasteiger partial charge on any atom is 0.275 e. The van der Waals surface area contributed by atoms with Crippen molar-refractivity contribution in [3.8, 4) is 16.9 Å². The molecule has 5 N–H and O–H groups in total. The molecule has 0 atom stereocenters. The summed E-state index contributed by atoms with van der Waals surface area (Å²) in [6, 6.07) is 7.61. The number of benzene rings is 1. The normalized spacial score (nSPS) is 11.7. The van der Waals surface area contributed by atoms with Crippen LogP contribution in [0.5, 0.6) is 5.75 Å². The van der Waals surface area contributed by atoms with Gasteiger partial charge in [-0.05, 0) is 44.5 Å². The van der Waals surface area contributed by atoms with E-state index in [0.717, 1.165) is 29.2 Å². The first-order valence-electron chi connectivity index (χ1n) is 12.2. The lowest BCUT2D eigenvalue weighted by molar-refractivity contribution is -0.189. The minimum atomic E-state index is -0.812. The van der Waals surface area contributed by atoms with E-state index in [2.05, 4.69) is 20.6 Å². The summed E-state index contributed by atoms with van der Waals surface area (Å²) in [7, 11) is 1.37. The van der Waals surface area contributed by atoms with Crippen molar-refractivity contribution >= 4 is 34.5 Å². The molecule has 0 unspecified atom stereocenters. The SMILES string of the molecule is CON(C=O)C(C)(C)CNC(=O)/C(=N\OCCOc1ccc(-c2cnn(CCCN)c2)cc1)c1csc(N)n1. The molecule has 3 aromatic rings. The van der Waals surface area contributed by atoms with Crippen LogP contribution in [-0.4, -0.2) is 76.8 Å². The Labute approximate surface area is 230 Å². The van der Waals surface area contributed by atoms with Crippen molar-refractivity contribution in [2.75, 3.05) is 39.1 Å². The van der Waals surface area contributed by atoms with Gasteiger partial charge >= 0.3 is 0 Å². The summed E-state index contributed by atoms with van der Waals surface area (Å²) in [4.78, 5) is 38.6. The standard InChI is InChI=1S/C25H34N8O5S/c1-25(2,33(17-34)36-3)16-28-23(35)22(21-15-39-24(27)30-21)31-38-12-11-37-20-7-5-18(6-8-20)19-13-29-32(14-19)10-4-9-26/h5-8,13-15,17H,4,9-12,16,26H2,1-3H3,(H2,27,30)(H,28,35)/b31-22-. The molecule has 1 aromatic carbocycles. The van der Waals surface area contributed by atoms with Crippen LogP contribution in [0.15, 0.2) is 47.2 Å². The molecule has 2 amide bonds. The van der Waals surface area contributed by atoms with E-state index in [1.165, 1.54) is 18.4 Å². The third-order valence-corrected chi connectivity index (χ3v) is 6.24. The van der Waals surface area contributed by atoms with Gasteiger partial charge in [-0.1, -0.05) is 17.3 Å². The number of nitrogens with one attached hydrogen (secondary N) is 1. The van der Waals surface area contributed by atoms with Gasteiger partial charge in [-0.3, -0.25) is 19.1 Å². The lowest BCUT2D eigenvalue weighted by atomic mass is 10.1. The van der Waals surface area contributed by atoms with Crippen molar-refractivity contribution in [1.82, 2.24) is 25.1 Å². The van der Waals surface area contributed by atoms with Crippen LogP contribution in [0.2, 0.25) is 0 Å². The lowest BCUT2D eigenvalue weighted by Gasteiger charge is -2.33. The van der Waals surface area contributed by atoms with Crippen LogP contribution in [0.25, 0.3) is 11.1 Å². The monoisotopic (exact) mass is 558 g/mol. The Morgan fingerprint density at radius 3 is 2.67 bits per heavy atom. The van der Waals surface area contributed by atoms with Gasteiger partial charge in [0.2, 0.25) is 6.41 Å². The number of hydroxylamine groups is 2. The van der Waals surface area contributed by atoms with Crippen molar-refractivity contribution in [2.45, 2.75) is 32.4 Å². The number of aromatic nitrogens is 3. The highest BCUT2D eigenvalue weighted by molar-refractivity contribution is 7.13. The highest BCUT2D eigenvalue weighted by Crippen LogP contribution is 2.22. The fraction of sp³-hybridized carbons (Fsp3) is 0.400. The smallest absolute Gasteiger partial charge is 0.275 e. The van der Waals surface area contributed by atoms with E-state index in [1.807, 2.05) is 41.3 Å². The number of carbonyl (C=O) groups is 2. The van der Waals surface area contributed by atoms with Crippen LogP contribution >= 0.6 is 11.3 Å². The van der Waals surface area contributed by atoms with Crippen molar-refractivity contribution in [3.05, 3.63) is 47.7 Å². The maximum absolute atomic E-state index is 12.9. The van der Waals surface area contributed by atoms with Crippen LogP contribution in [-0.2, 0) is 25.8 Å². The third-order valence-electron chi connectivity index (χ3n) is 5.56. The number of hydrogen-bond donors (Lipinski definition) is 3. The lowest BCUT2D eigenvalue weighted by Crippen LogP contribution is -2.51. The van der Waals surface area contributed by atoms with E-state index in [-0.39, 0.29) is 36.3 Å². The summed E-state index contributed by atoms with van der Waals surface area (Å²) >= 11 is 1.17. The molecule has 13 nitrogen and oxygen atoms in total. The van der Waals surface area contributed by atoms with Gasteiger partial charge in [0, 0.05) is 30.2 Å².